The lowest BCUT2D eigenvalue weighted by Gasteiger charge is -2.25. The third kappa shape index (κ3) is 3.15. The second kappa shape index (κ2) is 3.88. The van der Waals surface area contributed by atoms with Gasteiger partial charge in [0, 0.05) is 18.3 Å². The molecule has 0 aliphatic rings. The molecule has 0 amide bonds. The first-order valence-corrected chi connectivity index (χ1v) is 4.58. The summed E-state index contributed by atoms with van der Waals surface area (Å²) in [6.45, 7) is 6.09. The monoisotopic (exact) mass is 179 g/mol. The van der Waals surface area contributed by atoms with Crippen molar-refractivity contribution in [2.75, 3.05) is 0 Å². The van der Waals surface area contributed by atoms with Gasteiger partial charge >= 0.3 is 0 Å². The van der Waals surface area contributed by atoms with Gasteiger partial charge in [0.05, 0.1) is 6.10 Å². The first kappa shape index (κ1) is 10.2. The zero-order valence-electron chi connectivity index (χ0n) is 8.49. The number of hydrogen-bond donors (Lipinski definition) is 1. The maximum Gasteiger partial charge on any atom is 0.0643 e. The molecule has 1 N–H and O–H groups in total. The minimum Gasteiger partial charge on any atom is -0.392 e. The molecule has 0 radical (unpaired) electrons. The van der Waals surface area contributed by atoms with Crippen LogP contribution in [0.3, 0.4) is 0 Å². The van der Waals surface area contributed by atoms with Crippen molar-refractivity contribution in [3.63, 3.8) is 0 Å². The standard InChI is InChI=1S/C11H17NO/c1-11(2,3)10(13)8-9-6-4-5-7-12-9/h4-7,10,13H,8H2,1-3H3. The maximum absolute atomic E-state index is 9.80. The summed E-state index contributed by atoms with van der Waals surface area (Å²) in [5.41, 5.74) is 0.877. The van der Waals surface area contributed by atoms with Crippen LogP contribution in [-0.4, -0.2) is 16.2 Å². The molecule has 0 fully saturated rings. The second-order valence-corrected chi connectivity index (χ2v) is 4.41. The second-order valence-electron chi connectivity index (χ2n) is 4.41. The van der Waals surface area contributed by atoms with Crippen molar-refractivity contribution >= 4 is 0 Å². The van der Waals surface area contributed by atoms with Crippen LogP contribution in [0.1, 0.15) is 26.5 Å². The quantitative estimate of drug-likeness (QED) is 0.753. The highest BCUT2D eigenvalue weighted by Crippen LogP contribution is 2.21. The van der Waals surface area contributed by atoms with Gasteiger partial charge in [-0.2, -0.15) is 0 Å². The summed E-state index contributed by atoms with van der Waals surface area (Å²) >= 11 is 0. The molecule has 1 unspecified atom stereocenters. The van der Waals surface area contributed by atoms with Crippen LogP contribution in [0.5, 0.6) is 0 Å². The van der Waals surface area contributed by atoms with E-state index in [4.69, 9.17) is 0 Å². The lowest BCUT2D eigenvalue weighted by molar-refractivity contribution is 0.0628. The molecule has 2 heteroatoms. The van der Waals surface area contributed by atoms with Gasteiger partial charge in [0.2, 0.25) is 0 Å². The lowest BCUT2D eigenvalue weighted by Crippen LogP contribution is -2.28. The van der Waals surface area contributed by atoms with Gasteiger partial charge in [-0.05, 0) is 17.5 Å². The number of nitrogens with zero attached hydrogens (tertiary/aromatic N) is 1. The molecule has 1 atom stereocenters. The Hall–Kier alpha value is -0.890. The molecule has 2 nitrogen and oxygen atoms in total. The van der Waals surface area contributed by atoms with Crippen molar-refractivity contribution in [3.05, 3.63) is 30.1 Å². The Bertz CT molecular complexity index is 251. The summed E-state index contributed by atoms with van der Waals surface area (Å²) in [7, 11) is 0. The van der Waals surface area contributed by atoms with Crippen molar-refractivity contribution in [3.8, 4) is 0 Å². The zero-order chi connectivity index (χ0) is 9.90. The number of hydrogen-bond acceptors (Lipinski definition) is 2. The van der Waals surface area contributed by atoms with Crippen LogP contribution in [0.15, 0.2) is 24.4 Å². The molecule has 1 rings (SSSR count). The number of aliphatic hydroxyl groups excluding tert-OH is 1. The highest BCUT2D eigenvalue weighted by molar-refractivity contribution is 5.05. The molecule has 0 bridgehead atoms. The van der Waals surface area contributed by atoms with Crippen LogP contribution in [0.4, 0.5) is 0 Å². The molecule has 0 aliphatic heterocycles. The summed E-state index contributed by atoms with van der Waals surface area (Å²) in [6.07, 6.45) is 2.05. The van der Waals surface area contributed by atoms with E-state index in [-0.39, 0.29) is 11.5 Å². The van der Waals surface area contributed by atoms with Crippen LogP contribution < -0.4 is 0 Å². The minimum atomic E-state index is -0.331. The molecule has 0 saturated heterocycles. The van der Waals surface area contributed by atoms with Gasteiger partial charge in [-0.3, -0.25) is 4.98 Å². The van der Waals surface area contributed by atoms with E-state index in [9.17, 15) is 5.11 Å². The van der Waals surface area contributed by atoms with Gasteiger partial charge in [0.25, 0.3) is 0 Å². The van der Waals surface area contributed by atoms with Crippen LogP contribution in [-0.2, 0) is 6.42 Å². The van der Waals surface area contributed by atoms with Gasteiger partial charge in [-0.25, -0.2) is 0 Å². The van der Waals surface area contributed by atoms with Gasteiger partial charge < -0.3 is 5.11 Å². The fourth-order valence-corrected chi connectivity index (χ4v) is 1.02. The van der Waals surface area contributed by atoms with Crippen LogP contribution in [0.25, 0.3) is 0 Å². The zero-order valence-corrected chi connectivity index (χ0v) is 8.49. The minimum absolute atomic E-state index is 0.0719. The number of rotatable bonds is 2. The molecule has 1 heterocycles. The highest BCUT2D eigenvalue weighted by atomic mass is 16.3. The third-order valence-corrected chi connectivity index (χ3v) is 2.13. The first-order chi connectivity index (χ1) is 6.00. The maximum atomic E-state index is 9.80. The fraction of sp³-hybridized carbons (Fsp3) is 0.545. The topological polar surface area (TPSA) is 33.1 Å². The largest absolute Gasteiger partial charge is 0.392 e. The summed E-state index contributed by atoms with van der Waals surface area (Å²) in [4.78, 5) is 4.17. The molecule has 0 aliphatic carbocycles. The van der Waals surface area contributed by atoms with Crippen molar-refractivity contribution in [2.45, 2.75) is 33.3 Å². The van der Waals surface area contributed by atoms with Crippen LogP contribution in [0, 0.1) is 5.41 Å². The Morgan fingerprint density at radius 2 is 2.08 bits per heavy atom. The van der Waals surface area contributed by atoms with Crippen molar-refractivity contribution in [1.29, 1.82) is 0 Å². The van der Waals surface area contributed by atoms with E-state index in [1.165, 1.54) is 0 Å². The van der Waals surface area contributed by atoms with E-state index in [0.29, 0.717) is 6.42 Å². The van der Waals surface area contributed by atoms with E-state index < -0.39 is 0 Å². The lowest BCUT2D eigenvalue weighted by atomic mass is 9.86. The molecule has 0 aromatic carbocycles. The summed E-state index contributed by atoms with van der Waals surface area (Å²) in [6, 6.07) is 5.76. The average Bonchev–Trinajstić information content (AvgIpc) is 2.04. The SMILES string of the molecule is CC(C)(C)C(O)Cc1ccccn1. The average molecular weight is 179 g/mol. The Labute approximate surface area is 79.6 Å². The Kier molecular flexibility index (Phi) is 3.04. The van der Waals surface area contributed by atoms with E-state index >= 15 is 0 Å². The molecule has 0 spiro atoms. The van der Waals surface area contributed by atoms with Gasteiger partial charge in [-0.1, -0.05) is 26.8 Å². The summed E-state index contributed by atoms with van der Waals surface area (Å²) in [5.74, 6) is 0. The number of aromatic nitrogens is 1. The summed E-state index contributed by atoms with van der Waals surface area (Å²) < 4.78 is 0. The van der Waals surface area contributed by atoms with Crippen molar-refractivity contribution in [1.82, 2.24) is 4.98 Å². The predicted octanol–water partition coefficient (Wildman–Crippen LogP) is 2.03. The molecule has 13 heavy (non-hydrogen) atoms. The summed E-state index contributed by atoms with van der Waals surface area (Å²) in [5, 5.41) is 9.80. The van der Waals surface area contributed by atoms with E-state index in [2.05, 4.69) is 4.98 Å². The smallest absolute Gasteiger partial charge is 0.0643 e. The highest BCUT2D eigenvalue weighted by Gasteiger charge is 2.22. The Balaban J connectivity index is 2.61. The first-order valence-electron chi connectivity index (χ1n) is 4.58. The molecular weight excluding hydrogens is 162 g/mol. The Morgan fingerprint density at radius 1 is 1.38 bits per heavy atom. The Morgan fingerprint density at radius 3 is 2.54 bits per heavy atom. The molecule has 1 aromatic rings. The number of aliphatic hydroxyl groups is 1. The predicted molar refractivity (Wildman–Crippen MR) is 53.4 cm³/mol. The van der Waals surface area contributed by atoms with E-state index in [1.807, 2.05) is 39.0 Å². The van der Waals surface area contributed by atoms with Gasteiger partial charge in [0.15, 0.2) is 0 Å². The van der Waals surface area contributed by atoms with Crippen LogP contribution >= 0.6 is 0 Å². The molecular formula is C11H17NO. The van der Waals surface area contributed by atoms with Crippen LogP contribution in [0.2, 0.25) is 0 Å². The van der Waals surface area contributed by atoms with Crippen molar-refractivity contribution < 1.29 is 5.11 Å². The van der Waals surface area contributed by atoms with E-state index in [1.54, 1.807) is 6.20 Å². The molecule has 72 valence electrons. The molecule has 0 saturated carbocycles. The normalized spacial score (nSPS) is 14.2. The van der Waals surface area contributed by atoms with Crippen molar-refractivity contribution in [2.24, 2.45) is 5.41 Å². The third-order valence-electron chi connectivity index (χ3n) is 2.13. The molecule has 1 aromatic heterocycles. The number of pyridine rings is 1. The van der Waals surface area contributed by atoms with E-state index in [0.717, 1.165) is 5.69 Å². The van der Waals surface area contributed by atoms with Gasteiger partial charge in [-0.15, -0.1) is 0 Å². The van der Waals surface area contributed by atoms with Gasteiger partial charge in [0.1, 0.15) is 0 Å². The fourth-order valence-electron chi connectivity index (χ4n) is 1.02.